The number of halogens is 2. The molecule has 2 aromatic carbocycles. The molecule has 0 unspecified atom stereocenters. The molecular formula is C21H15Cl2NO3. The summed E-state index contributed by atoms with van der Waals surface area (Å²) in [4.78, 5) is 23.5. The third-order valence-electron chi connectivity index (χ3n) is 3.69. The predicted octanol–water partition coefficient (Wildman–Crippen LogP) is 6.11. The fourth-order valence-electron chi connectivity index (χ4n) is 2.48. The molecule has 0 saturated carbocycles. The van der Waals surface area contributed by atoms with Crippen LogP contribution in [0.4, 0.5) is 5.69 Å². The lowest BCUT2D eigenvalue weighted by molar-refractivity contribution is -0.114. The van der Waals surface area contributed by atoms with Crippen LogP contribution in [-0.2, 0) is 4.79 Å². The number of ketones is 1. The van der Waals surface area contributed by atoms with Gasteiger partial charge in [-0.25, -0.2) is 0 Å². The van der Waals surface area contributed by atoms with Crippen molar-refractivity contribution < 1.29 is 14.0 Å². The standard InChI is InChI=1S/C21H15Cl2NO3/c1-13(25)24-16-4-2-3-14(11-16)20(26)9-6-17-7-10-21(27-17)18-12-15(22)5-8-19(18)23/h2-12H,1H3,(H,24,25)/b9-6+. The molecule has 136 valence electrons. The molecule has 6 heteroatoms. The smallest absolute Gasteiger partial charge is 0.221 e. The van der Waals surface area contributed by atoms with Gasteiger partial charge in [-0.2, -0.15) is 0 Å². The molecule has 4 nitrogen and oxygen atoms in total. The van der Waals surface area contributed by atoms with E-state index in [0.29, 0.717) is 38.4 Å². The summed E-state index contributed by atoms with van der Waals surface area (Å²) in [5.74, 6) is 0.661. The van der Waals surface area contributed by atoms with E-state index in [2.05, 4.69) is 5.32 Å². The zero-order chi connectivity index (χ0) is 19.4. The summed E-state index contributed by atoms with van der Waals surface area (Å²) in [6, 6.07) is 15.3. The third-order valence-corrected chi connectivity index (χ3v) is 4.25. The number of hydrogen-bond donors (Lipinski definition) is 1. The van der Waals surface area contributed by atoms with Crippen molar-refractivity contribution in [3.8, 4) is 11.3 Å². The average Bonchev–Trinajstić information content (AvgIpc) is 3.10. The van der Waals surface area contributed by atoms with Crippen LogP contribution in [0.25, 0.3) is 17.4 Å². The summed E-state index contributed by atoms with van der Waals surface area (Å²) in [7, 11) is 0. The molecule has 0 aliphatic carbocycles. The van der Waals surface area contributed by atoms with Gasteiger partial charge < -0.3 is 9.73 Å². The molecular weight excluding hydrogens is 385 g/mol. The maximum Gasteiger partial charge on any atom is 0.221 e. The number of carbonyl (C=O) groups is 2. The fourth-order valence-corrected chi connectivity index (χ4v) is 2.86. The zero-order valence-electron chi connectivity index (χ0n) is 14.3. The van der Waals surface area contributed by atoms with Crippen LogP contribution in [0.3, 0.4) is 0 Å². The molecule has 0 bridgehead atoms. The molecule has 0 saturated heterocycles. The van der Waals surface area contributed by atoms with E-state index in [0.717, 1.165) is 0 Å². The molecule has 1 aromatic heterocycles. The van der Waals surface area contributed by atoms with E-state index >= 15 is 0 Å². The predicted molar refractivity (Wildman–Crippen MR) is 108 cm³/mol. The topological polar surface area (TPSA) is 59.3 Å². The number of carbonyl (C=O) groups excluding carboxylic acids is 2. The number of amides is 1. The Bertz CT molecular complexity index is 1040. The van der Waals surface area contributed by atoms with Crippen molar-refractivity contribution in [1.82, 2.24) is 0 Å². The van der Waals surface area contributed by atoms with E-state index in [-0.39, 0.29) is 11.7 Å². The Morgan fingerprint density at radius 1 is 1.04 bits per heavy atom. The van der Waals surface area contributed by atoms with E-state index < -0.39 is 0 Å². The molecule has 1 heterocycles. The minimum atomic E-state index is -0.207. The maximum atomic E-state index is 12.4. The highest BCUT2D eigenvalue weighted by molar-refractivity contribution is 6.35. The van der Waals surface area contributed by atoms with Gasteiger partial charge in [0.05, 0.1) is 5.02 Å². The van der Waals surface area contributed by atoms with Gasteiger partial charge in [0, 0.05) is 28.8 Å². The van der Waals surface area contributed by atoms with Crippen molar-refractivity contribution in [2.75, 3.05) is 5.32 Å². The first-order valence-corrected chi connectivity index (χ1v) is 8.83. The summed E-state index contributed by atoms with van der Waals surface area (Å²) in [6.45, 7) is 1.41. The van der Waals surface area contributed by atoms with Crippen LogP contribution in [0.5, 0.6) is 0 Å². The Morgan fingerprint density at radius 3 is 2.63 bits per heavy atom. The van der Waals surface area contributed by atoms with Crippen LogP contribution < -0.4 is 5.32 Å². The van der Waals surface area contributed by atoms with E-state index in [1.165, 1.54) is 13.0 Å². The molecule has 3 aromatic rings. The molecule has 0 atom stereocenters. The van der Waals surface area contributed by atoms with E-state index in [1.54, 1.807) is 60.7 Å². The molecule has 0 radical (unpaired) electrons. The highest BCUT2D eigenvalue weighted by Crippen LogP contribution is 2.32. The first-order valence-electron chi connectivity index (χ1n) is 8.08. The normalized spacial score (nSPS) is 10.9. The van der Waals surface area contributed by atoms with Crippen LogP contribution >= 0.6 is 23.2 Å². The van der Waals surface area contributed by atoms with Gasteiger partial charge in [-0.05, 0) is 54.6 Å². The van der Waals surface area contributed by atoms with Gasteiger partial charge in [0.15, 0.2) is 5.78 Å². The second-order valence-corrected chi connectivity index (χ2v) is 6.63. The van der Waals surface area contributed by atoms with E-state index in [1.807, 2.05) is 0 Å². The first kappa shape index (κ1) is 19.0. The number of hydrogen-bond acceptors (Lipinski definition) is 3. The van der Waals surface area contributed by atoms with Gasteiger partial charge in [-0.15, -0.1) is 0 Å². The van der Waals surface area contributed by atoms with Gasteiger partial charge in [0.1, 0.15) is 11.5 Å². The minimum Gasteiger partial charge on any atom is -0.457 e. The number of allylic oxidation sites excluding steroid dienone is 1. The molecule has 0 fully saturated rings. The molecule has 1 N–H and O–H groups in total. The minimum absolute atomic E-state index is 0.196. The summed E-state index contributed by atoms with van der Waals surface area (Å²) in [5.41, 5.74) is 1.71. The number of nitrogens with one attached hydrogen (secondary N) is 1. The number of furan rings is 1. The summed E-state index contributed by atoms with van der Waals surface area (Å²) >= 11 is 12.2. The largest absolute Gasteiger partial charge is 0.457 e. The van der Waals surface area contributed by atoms with Gasteiger partial charge in [0.25, 0.3) is 0 Å². The Morgan fingerprint density at radius 2 is 1.85 bits per heavy atom. The van der Waals surface area contributed by atoms with Crippen molar-refractivity contribution in [3.05, 3.63) is 82.0 Å². The summed E-state index contributed by atoms with van der Waals surface area (Å²) in [5, 5.41) is 3.72. The molecule has 1 amide bonds. The maximum absolute atomic E-state index is 12.4. The molecule has 27 heavy (non-hydrogen) atoms. The van der Waals surface area contributed by atoms with Crippen molar-refractivity contribution in [2.45, 2.75) is 6.92 Å². The lowest BCUT2D eigenvalue weighted by atomic mass is 10.1. The number of anilines is 1. The highest BCUT2D eigenvalue weighted by Gasteiger charge is 2.09. The monoisotopic (exact) mass is 399 g/mol. The number of benzene rings is 2. The summed E-state index contributed by atoms with van der Waals surface area (Å²) < 4.78 is 5.73. The third kappa shape index (κ3) is 4.88. The lowest BCUT2D eigenvalue weighted by Crippen LogP contribution is -2.06. The Labute approximate surface area is 166 Å². The van der Waals surface area contributed by atoms with E-state index in [4.69, 9.17) is 27.6 Å². The second kappa shape index (κ2) is 8.25. The van der Waals surface area contributed by atoms with Crippen LogP contribution in [0.15, 0.2) is 65.1 Å². The SMILES string of the molecule is CC(=O)Nc1cccc(C(=O)/C=C/c2ccc(-c3cc(Cl)ccc3Cl)o2)c1. The molecule has 0 aliphatic rings. The quantitative estimate of drug-likeness (QED) is 0.415. The molecule has 0 spiro atoms. The first-order chi connectivity index (χ1) is 12.9. The highest BCUT2D eigenvalue weighted by atomic mass is 35.5. The van der Waals surface area contributed by atoms with Gasteiger partial charge in [-0.3, -0.25) is 9.59 Å². The van der Waals surface area contributed by atoms with E-state index in [9.17, 15) is 9.59 Å². The Hall–Kier alpha value is -2.82. The van der Waals surface area contributed by atoms with Crippen molar-refractivity contribution in [1.29, 1.82) is 0 Å². The van der Waals surface area contributed by atoms with Crippen molar-refractivity contribution in [3.63, 3.8) is 0 Å². The number of rotatable bonds is 5. The Balaban J connectivity index is 1.77. The van der Waals surface area contributed by atoms with Crippen LogP contribution in [0, 0.1) is 0 Å². The molecule has 3 rings (SSSR count). The average molecular weight is 400 g/mol. The Kier molecular flexibility index (Phi) is 5.79. The lowest BCUT2D eigenvalue weighted by Gasteiger charge is -2.03. The van der Waals surface area contributed by atoms with Crippen LogP contribution in [-0.4, -0.2) is 11.7 Å². The van der Waals surface area contributed by atoms with Crippen LogP contribution in [0.1, 0.15) is 23.0 Å². The summed E-state index contributed by atoms with van der Waals surface area (Å²) in [6.07, 6.45) is 2.99. The van der Waals surface area contributed by atoms with Gasteiger partial charge in [-0.1, -0.05) is 35.3 Å². The van der Waals surface area contributed by atoms with Gasteiger partial charge >= 0.3 is 0 Å². The molecule has 0 aliphatic heterocycles. The van der Waals surface area contributed by atoms with Gasteiger partial charge in [0.2, 0.25) is 5.91 Å². The zero-order valence-corrected chi connectivity index (χ0v) is 15.8. The van der Waals surface area contributed by atoms with Crippen molar-refractivity contribution >= 4 is 46.7 Å². The second-order valence-electron chi connectivity index (χ2n) is 5.79. The fraction of sp³-hybridized carbons (Fsp3) is 0.0476. The van der Waals surface area contributed by atoms with Crippen molar-refractivity contribution in [2.24, 2.45) is 0 Å². The van der Waals surface area contributed by atoms with Crippen LogP contribution in [0.2, 0.25) is 10.0 Å².